The van der Waals surface area contributed by atoms with E-state index in [1.54, 1.807) is 12.1 Å². The van der Waals surface area contributed by atoms with E-state index in [4.69, 9.17) is 0 Å². The minimum atomic E-state index is -0.183. The van der Waals surface area contributed by atoms with Crippen LogP contribution in [0.15, 0.2) is 60.9 Å². The number of nitrogens with one attached hydrogen (secondary N) is 1. The lowest BCUT2D eigenvalue weighted by Crippen LogP contribution is -2.45. The van der Waals surface area contributed by atoms with Gasteiger partial charge in [-0.05, 0) is 40.8 Å². The number of pyridine rings is 1. The van der Waals surface area contributed by atoms with E-state index in [-0.39, 0.29) is 11.9 Å². The maximum absolute atomic E-state index is 13.8. The fourth-order valence-corrected chi connectivity index (χ4v) is 3.50. The zero-order valence-electron chi connectivity index (χ0n) is 13.5. The highest BCUT2D eigenvalue weighted by Crippen LogP contribution is 2.31. The molecule has 0 aliphatic carbocycles. The SMILES string of the molecule is Fc1cccc(C(c2ccc3cnccc3c2)N2CCNCC2)c1. The molecule has 3 aromatic rings. The van der Waals surface area contributed by atoms with Crippen LogP contribution in [0.3, 0.4) is 0 Å². The summed E-state index contributed by atoms with van der Waals surface area (Å²) in [4.78, 5) is 6.60. The molecule has 3 nitrogen and oxygen atoms in total. The van der Waals surface area contributed by atoms with Crippen molar-refractivity contribution < 1.29 is 4.39 Å². The first-order valence-electron chi connectivity index (χ1n) is 8.35. The Balaban J connectivity index is 1.80. The van der Waals surface area contributed by atoms with E-state index >= 15 is 0 Å². The van der Waals surface area contributed by atoms with Gasteiger partial charge in [0.2, 0.25) is 0 Å². The number of aromatic nitrogens is 1. The summed E-state index contributed by atoms with van der Waals surface area (Å²) in [5.41, 5.74) is 2.20. The van der Waals surface area contributed by atoms with Gasteiger partial charge < -0.3 is 5.32 Å². The lowest BCUT2D eigenvalue weighted by Gasteiger charge is -2.35. The molecule has 1 saturated heterocycles. The van der Waals surface area contributed by atoms with Gasteiger partial charge in [-0.15, -0.1) is 0 Å². The standard InChI is InChI=1S/C20H20FN3/c21-19-3-1-2-16(13-19)20(24-10-8-22-9-11-24)17-4-5-18-14-23-7-6-15(18)12-17/h1-7,12-14,20,22H,8-11H2. The van der Waals surface area contributed by atoms with Crippen molar-refractivity contribution in [2.75, 3.05) is 26.2 Å². The quantitative estimate of drug-likeness (QED) is 0.802. The molecule has 1 unspecified atom stereocenters. The molecule has 1 aliphatic heterocycles. The van der Waals surface area contributed by atoms with Gasteiger partial charge in [-0.1, -0.05) is 24.3 Å². The number of hydrogen-bond acceptors (Lipinski definition) is 3. The molecule has 0 spiro atoms. The maximum Gasteiger partial charge on any atom is 0.123 e. The Labute approximate surface area is 141 Å². The Morgan fingerprint density at radius 1 is 0.958 bits per heavy atom. The van der Waals surface area contributed by atoms with Crippen molar-refractivity contribution >= 4 is 10.8 Å². The summed E-state index contributed by atoms with van der Waals surface area (Å²) in [6, 6.07) is 15.5. The molecule has 1 fully saturated rings. The highest BCUT2D eigenvalue weighted by molar-refractivity contribution is 5.82. The average molecular weight is 321 g/mol. The number of halogens is 1. The largest absolute Gasteiger partial charge is 0.314 e. The molecule has 24 heavy (non-hydrogen) atoms. The van der Waals surface area contributed by atoms with E-state index in [0.717, 1.165) is 37.1 Å². The van der Waals surface area contributed by atoms with Crippen molar-refractivity contribution in [1.82, 2.24) is 15.2 Å². The van der Waals surface area contributed by atoms with Crippen LogP contribution in [0.1, 0.15) is 17.2 Å². The highest BCUT2D eigenvalue weighted by atomic mass is 19.1. The predicted octanol–water partition coefficient (Wildman–Crippen LogP) is 3.37. The van der Waals surface area contributed by atoms with Gasteiger partial charge in [0.1, 0.15) is 5.82 Å². The molecule has 1 N–H and O–H groups in total. The number of nitrogens with zero attached hydrogens (tertiary/aromatic N) is 2. The van der Waals surface area contributed by atoms with Gasteiger partial charge in [-0.25, -0.2) is 4.39 Å². The second-order valence-electron chi connectivity index (χ2n) is 6.23. The van der Waals surface area contributed by atoms with Crippen LogP contribution >= 0.6 is 0 Å². The van der Waals surface area contributed by atoms with Crippen LogP contribution in [0.4, 0.5) is 4.39 Å². The van der Waals surface area contributed by atoms with Crippen LogP contribution in [0.25, 0.3) is 10.8 Å². The molecular weight excluding hydrogens is 301 g/mol. The molecule has 4 rings (SSSR count). The molecule has 1 aliphatic rings. The van der Waals surface area contributed by atoms with E-state index in [0.29, 0.717) is 0 Å². The molecule has 1 atom stereocenters. The van der Waals surface area contributed by atoms with Crippen molar-refractivity contribution in [2.24, 2.45) is 0 Å². The number of piperazine rings is 1. The molecule has 0 amide bonds. The Morgan fingerprint density at radius 3 is 2.62 bits per heavy atom. The summed E-state index contributed by atoms with van der Waals surface area (Å²) >= 11 is 0. The van der Waals surface area contributed by atoms with Crippen LogP contribution in [-0.2, 0) is 0 Å². The molecule has 0 saturated carbocycles. The highest BCUT2D eigenvalue weighted by Gasteiger charge is 2.24. The zero-order valence-corrected chi connectivity index (χ0v) is 13.5. The first-order valence-corrected chi connectivity index (χ1v) is 8.35. The topological polar surface area (TPSA) is 28.2 Å². The summed E-state index contributed by atoms with van der Waals surface area (Å²) in [5, 5.41) is 5.68. The molecule has 2 heterocycles. The minimum Gasteiger partial charge on any atom is -0.314 e. The summed E-state index contributed by atoms with van der Waals surface area (Å²) < 4.78 is 13.8. The van der Waals surface area contributed by atoms with Crippen LogP contribution in [0.2, 0.25) is 0 Å². The zero-order chi connectivity index (χ0) is 16.4. The lowest BCUT2D eigenvalue weighted by atomic mass is 9.94. The van der Waals surface area contributed by atoms with Crippen LogP contribution in [0, 0.1) is 5.82 Å². The van der Waals surface area contributed by atoms with Crippen LogP contribution < -0.4 is 5.32 Å². The van der Waals surface area contributed by atoms with Crippen LogP contribution in [-0.4, -0.2) is 36.1 Å². The third kappa shape index (κ3) is 3.03. The third-order valence-electron chi connectivity index (χ3n) is 4.66. The van der Waals surface area contributed by atoms with Crippen LogP contribution in [0.5, 0.6) is 0 Å². The molecule has 1 aromatic heterocycles. The van der Waals surface area contributed by atoms with E-state index in [9.17, 15) is 4.39 Å². The normalized spacial score (nSPS) is 17.0. The summed E-state index contributed by atoms with van der Waals surface area (Å²) in [5.74, 6) is -0.183. The van der Waals surface area contributed by atoms with Crippen molar-refractivity contribution in [3.8, 4) is 0 Å². The second kappa shape index (κ2) is 6.67. The lowest BCUT2D eigenvalue weighted by molar-refractivity contribution is 0.198. The van der Waals surface area contributed by atoms with E-state index < -0.39 is 0 Å². The summed E-state index contributed by atoms with van der Waals surface area (Å²) in [7, 11) is 0. The molecule has 2 aromatic carbocycles. The van der Waals surface area contributed by atoms with Crippen molar-refractivity contribution in [3.05, 3.63) is 77.9 Å². The third-order valence-corrected chi connectivity index (χ3v) is 4.66. The van der Waals surface area contributed by atoms with E-state index in [1.165, 1.54) is 17.0 Å². The Bertz CT molecular complexity index is 843. The van der Waals surface area contributed by atoms with Gasteiger partial charge in [0.05, 0.1) is 6.04 Å². The van der Waals surface area contributed by atoms with Gasteiger partial charge in [-0.3, -0.25) is 9.88 Å². The average Bonchev–Trinajstić information content (AvgIpc) is 2.63. The van der Waals surface area contributed by atoms with Crippen molar-refractivity contribution in [2.45, 2.75) is 6.04 Å². The summed E-state index contributed by atoms with van der Waals surface area (Å²) in [6.45, 7) is 3.83. The van der Waals surface area contributed by atoms with Gasteiger partial charge >= 0.3 is 0 Å². The monoisotopic (exact) mass is 321 g/mol. The molecule has 4 heteroatoms. The van der Waals surface area contributed by atoms with Gasteiger partial charge in [-0.2, -0.15) is 0 Å². The smallest absolute Gasteiger partial charge is 0.123 e. The van der Waals surface area contributed by atoms with Gasteiger partial charge in [0.15, 0.2) is 0 Å². The molecule has 0 bridgehead atoms. The fourth-order valence-electron chi connectivity index (χ4n) is 3.50. The molecule has 0 radical (unpaired) electrons. The Hall–Kier alpha value is -2.30. The fraction of sp³-hybridized carbons (Fsp3) is 0.250. The van der Waals surface area contributed by atoms with Gasteiger partial charge in [0, 0.05) is 44.0 Å². The molecule has 122 valence electrons. The van der Waals surface area contributed by atoms with E-state index in [2.05, 4.69) is 33.4 Å². The molecular formula is C20H20FN3. The number of rotatable bonds is 3. The Morgan fingerprint density at radius 2 is 1.79 bits per heavy atom. The number of hydrogen-bond donors (Lipinski definition) is 1. The van der Waals surface area contributed by atoms with Crippen molar-refractivity contribution in [3.63, 3.8) is 0 Å². The number of fused-ring (bicyclic) bond motifs is 1. The minimum absolute atomic E-state index is 0.0698. The summed E-state index contributed by atoms with van der Waals surface area (Å²) in [6.07, 6.45) is 3.69. The first kappa shape index (κ1) is 15.2. The van der Waals surface area contributed by atoms with Gasteiger partial charge in [0.25, 0.3) is 0 Å². The Kier molecular flexibility index (Phi) is 4.24. The van der Waals surface area contributed by atoms with E-state index in [1.807, 2.05) is 24.5 Å². The maximum atomic E-state index is 13.8. The number of benzene rings is 2. The first-order chi connectivity index (χ1) is 11.8. The second-order valence-corrected chi connectivity index (χ2v) is 6.23. The van der Waals surface area contributed by atoms with Crippen molar-refractivity contribution in [1.29, 1.82) is 0 Å². The predicted molar refractivity (Wildman–Crippen MR) is 94.4 cm³/mol.